The van der Waals surface area contributed by atoms with Crippen LogP contribution >= 0.6 is 0 Å². The molecular weight excluding hydrogens is 282 g/mol. The molecule has 2 aromatic carbocycles. The number of aromatic hydroxyl groups is 3. The fraction of sp³-hybridized carbons (Fsp3) is 0.118. The Balaban J connectivity index is 2.08. The van der Waals surface area contributed by atoms with Crippen molar-refractivity contribution in [1.82, 2.24) is 4.98 Å². The molecule has 0 aliphatic heterocycles. The molecule has 0 bridgehead atoms. The molecular formula is C17H15NO4. The van der Waals surface area contributed by atoms with Crippen LogP contribution in [0.3, 0.4) is 0 Å². The van der Waals surface area contributed by atoms with Crippen molar-refractivity contribution in [2.45, 2.75) is 6.42 Å². The SMILES string of the molecule is COc1cc2c(Cc3ccc(O)c(O)c3)nccc2cc1O. The number of phenolic OH excluding ortho intramolecular Hbond substituents is 3. The minimum atomic E-state index is -0.159. The molecule has 0 radical (unpaired) electrons. The van der Waals surface area contributed by atoms with Crippen molar-refractivity contribution in [2.75, 3.05) is 7.11 Å². The first-order valence-corrected chi connectivity index (χ1v) is 6.74. The third-order valence-corrected chi connectivity index (χ3v) is 3.56. The Kier molecular flexibility index (Phi) is 3.47. The van der Waals surface area contributed by atoms with Gasteiger partial charge in [-0.15, -0.1) is 0 Å². The van der Waals surface area contributed by atoms with Gasteiger partial charge in [-0.25, -0.2) is 0 Å². The summed E-state index contributed by atoms with van der Waals surface area (Å²) >= 11 is 0. The summed E-state index contributed by atoms with van der Waals surface area (Å²) in [5.74, 6) is 0.152. The Morgan fingerprint density at radius 2 is 1.77 bits per heavy atom. The van der Waals surface area contributed by atoms with Crippen LogP contribution in [0.4, 0.5) is 0 Å². The van der Waals surface area contributed by atoms with Crippen molar-refractivity contribution in [1.29, 1.82) is 0 Å². The van der Waals surface area contributed by atoms with E-state index in [9.17, 15) is 15.3 Å². The maximum atomic E-state index is 9.85. The van der Waals surface area contributed by atoms with E-state index < -0.39 is 0 Å². The molecule has 3 rings (SSSR count). The number of nitrogens with zero attached hydrogens (tertiary/aromatic N) is 1. The second-order valence-corrected chi connectivity index (χ2v) is 5.00. The third kappa shape index (κ3) is 2.48. The highest BCUT2D eigenvalue weighted by molar-refractivity contribution is 5.88. The molecule has 5 heteroatoms. The van der Waals surface area contributed by atoms with E-state index in [1.54, 1.807) is 24.4 Å². The number of pyridine rings is 1. The topological polar surface area (TPSA) is 82.8 Å². The van der Waals surface area contributed by atoms with Gasteiger partial charge in [-0.3, -0.25) is 4.98 Å². The molecule has 0 fully saturated rings. The number of aromatic nitrogens is 1. The van der Waals surface area contributed by atoms with Crippen molar-refractivity contribution >= 4 is 10.8 Å². The first-order chi connectivity index (χ1) is 10.6. The first-order valence-electron chi connectivity index (χ1n) is 6.74. The molecule has 3 N–H and O–H groups in total. The van der Waals surface area contributed by atoms with E-state index in [1.165, 1.54) is 19.2 Å². The molecule has 0 saturated heterocycles. The molecule has 1 heterocycles. The van der Waals surface area contributed by atoms with Crippen LogP contribution in [0, 0.1) is 0 Å². The van der Waals surface area contributed by atoms with Crippen LogP contribution in [-0.2, 0) is 6.42 Å². The van der Waals surface area contributed by atoms with Gasteiger partial charge in [0, 0.05) is 18.0 Å². The van der Waals surface area contributed by atoms with Crippen LogP contribution in [0.1, 0.15) is 11.3 Å². The zero-order valence-corrected chi connectivity index (χ0v) is 11.9. The Hall–Kier alpha value is -2.95. The highest BCUT2D eigenvalue weighted by atomic mass is 16.5. The second-order valence-electron chi connectivity index (χ2n) is 5.00. The summed E-state index contributed by atoms with van der Waals surface area (Å²) < 4.78 is 5.14. The normalized spacial score (nSPS) is 10.8. The van der Waals surface area contributed by atoms with Crippen molar-refractivity contribution < 1.29 is 20.1 Å². The van der Waals surface area contributed by atoms with Gasteiger partial charge in [-0.2, -0.15) is 0 Å². The largest absolute Gasteiger partial charge is 0.504 e. The quantitative estimate of drug-likeness (QED) is 0.647. The smallest absolute Gasteiger partial charge is 0.161 e. The molecule has 22 heavy (non-hydrogen) atoms. The van der Waals surface area contributed by atoms with Gasteiger partial charge in [0.25, 0.3) is 0 Å². The first kappa shape index (κ1) is 14.0. The van der Waals surface area contributed by atoms with E-state index in [2.05, 4.69) is 4.98 Å². The molecule has 0 aliphatic rings. The Morgan fingerprint density at radius 1 is 0.955 bits per heavy atom. The summed E-state index contributed by atoms with van der Waals surface area (Å²) in [4.78, 5) is 4.38. The molecule has 0 amide bonds. The average Bonchev–Trinajstić information content (AvgIpc) is 2.50. The lowest BCUT2D eigenvalue weighted by molar-refractivity contribution is 0.374. The fourth-order valence-electron chi connectivity index (χ4n) is 2.43. The molecule has 1 aromatic heterocycles. The Labute approximate surface area is 127 Å². The molecule has 0 unspecified atom stereocenters. The van der Waals surface area contributed by atoms with Gasteiger partial charge < -0.3 is 20.1 Å². The predicted octanol–water partition coefficient (Wildman–Crippen LogP) is 2.95. The van der Waals surface area contributed by atoms with Crippen LogP contribution < -0.4 is 4.74 Å². The Morgan fingerprint density at radius 3 is 2.50 bits per heavy atom. The van der Waals surface area contributed by atoms with Gasteiger partial charge in [0.1, 0.15) is 0 Å². The van der Waals surface area contributed by atoms with E-state index in [0.717, 1.165) is 22.0 Å². The number of fused-ring (bicyclic) bond motifs is 1. The lowest BCUT2D eigenvalue weighted by atomic mass is 10.0. The van der Waals surface area contributed by atoms with Gasteiger partial charge in [0.15, 0.2) is 23.0 Å². The van der Waals surface area contributed by atoms with Gasteiger partial charge in [0.05, 0.1) is 12.8 Å². The number of rotatable bonds is 3. The summed E-state index contributed by atoms with van der Waals surface area (Å²) in [6.45, 7) is 0. The maximum Gasteiger partial charge on any atom is 0.161 e. The van der Waals surface area contributed by atoms with E-state index in [-0.39, 0.29) is 17.2 Å². The van der Waals surface area contributed by atoms with Gasteiger partial charge in [-0.1, -0.05) is 6.07 Å². The van der Waals surface area contributed by atoms with Crippen LogP contribution in [0.15, 0.2) is 42.6 Å². The van der Waals surface area contributed by atoms with E-state index in [4.69, 9.17) is 4.74 Å². The van der Waals surface area contributed by atoms with E-state index >= 15 is 0 Å². The molecule has 0 saturated carbocycles. The minimum Gasteiger partial charge on any atom is -0.504 e. The highest BCUT2D eigenvalue weighted by Crippen LogP contribution is 2.33. The van der Waals surface area contributed by atoms with Gasteiger partial charge >= 0.3 is 0 Å². The number of phenols is 3. The van der Waals surface area contributed by atoms with Crippen LogP contribution in [0.25, 0.3) is 10.8 Å². The van der Waals surface area contributed by atoms with Gasteiger partial charge in [0.2, 0.25) is 0 Å². The molecule has 0 spiro atoms. The maximum absolute atomic E-state index is 9.85. The zero-order valence-electron chi connectivity index (χ0n) is 11.9. The molecule has 3 aromatic rings. The highest BCUT2D eigenvalue weighted by Gasteiger charge is 2.10. The van der Waals surface area contributed by atoms with Crippen LogP contribution in [0.5, 0.6) is 23.0 Å². The fourth-order valence-corrected chi connectivity index (χ4v) is 2.43. The molecule has 0 aliphatic carbocycles. The lowest BCUT2D eigenvalue weighted by Gasteiger charge is -2.10. The van der Waals surface area contributed by atoms with Crippen molar-refractivity contribution in [3.63, 3.8) is 0 Å². The molecule has 0 atom stereocenters. The second kappa shape index (κ2) is 5.44. The van der Waals surface area contributed by atoms with E-state index in [1.807, 2.05) is 6.07 Å². The number of methoxy groups -OCH3 is 1. The van der Waals surface area contributed by atoms with E-state index in [0.29, 0.717) is 12.2 Å². The number of hydrogen-bond donors (Lipinski definition) is 3. The number of hydrogen-bond acceptors (Lipinski definition) is 5. The van der Waals surface area contributed by atoms with Crippen molar-refractivity contribution in [3.05, 3.63) is 53.9 Å². The summed E-state index contributed by atoms with van der Waals surface area (Å²) in [5, 5.41) is 30.5. The lowest BCUT2D eigenvalue weighted by Crippen LogP contribution is -1.95. The standard InChI is InChI=1S/C17H15NO4/c1-22-17-9-12-11(8-16(17)21)4-5-18-13(12)6-10-2-3-14(19)15(20)7-10/h2-5,7-9,19-21H,6H2,1H3. The number of benzene rings is 2. The van der Waals surface area contributed by atoms with Crippen LogP contribution in [-0.4, -0.2) is 27.4 Å². The summed E-state index contributed by atoms with van der Waals surface area (Å²) in [5.41, 5.74) is 1.61. The molecule has 5 nitrogen and oxygen atoms in total. The average molecular weight is 297 g/mol. The zero-order chi connectivity index (χ0) is 15.7. The van der Waals surface area contributed by atoms with Crippen molar-refractivity contribution in [2.24, 2.45) is 0 Å². The third-order valence-electron chi connectivity index (χ3n) is 3.56. The van der Waals surface area contributed by atoms with Crippen molar-refractivity contribution in [3.8, 4) is 23.0 Å². The summed E-state index contributed by atoms with van der Waals surface area (Å²) in [6, 6.07) is 9.87. The van der Waals surface area contributed by atoms with Gasteiger partial charge in [-0.05, 0) is 41.3 Å². The summed E-state index contributed by atoms with van der Waals surface area (Å²) in [6.07, 6.45) is 2.16. The number of ether oxygens (including phenoxy) is 1. The summed E-state index contributed by atoms with van der Waals surface area (Å²) in [7, 11) is 1.49. The Bertz CT molecular complexity index is 845. The predicted molar refractivity (Wildman–Crippen MR) is 82.5 cm³/mol. The minimum absolute atomic E-state index is 0.0782. The molecule has 112 valence electrons. The van der Waals surface area contributed by atoms with Crippen LogP contribution in [0.2, 0.25) is 0 Å². The monoisotopic (exact) mass is 297 g/mol.